The zero-order valence-corrected chi connectivity index (χ0v) is 18.6. The molecule has 1 amide bonds. The third-order valence-corrected chi connectivity index (χ3v) is 6.27. The van der Waals surface area contributed by atoms with Crippen molar-refractivity contribution in [2.45, 2.75) is 30.5 Å². The summed E-state index contributed by atoms with van der Waals surface area (Å²) in [6.07, 6.45) is -0.712. The molecule has 1 aromatic heterocycles. The van der Waals surface area contributed by atoms with Crippen molar-refractivity contribution in [3.8, 4) is 11.3 Å². The number of carbonyl (C=O) groups is 1. The van der Waals surface area contributed by atoms with E-state index in [1.54, 1.807) is 6.07 Å². The van der Waals surface area contributed by atoms with E-state index in [1.807, 2.05) is 18.2 Å². The number of anilines is 2. The molecule has 0 unspecified atom stereocenters. The second-order valence-corrected chi connectivity index (χ2v) is 8.76. The predicted molar refractivity (Wildman–Crippen MR) is 124 cm³/mol. The van der Waals surface area contributed by atoms with Gasteiger partial charge in [-0.3, -0.25) is 4.79 Å². The molecule has 172 valence electrons. The van der Waals surface area contributed by atoms with E-state index in [1.165, 1.54) is 48.8 Å². The van der Waals surface area contributed by atoms with E-state index < -0.39 is 17.6 Å². The lowest BCUT2D eigenvalue weighted by Gasteiger charge is -2.28. The molecule has 1 N–H and O–H groups in total. The Balaban J connectivity index is 1.31. The van der Waals surface area contributed by atoms with Crippen LogP contribution in [0.15, 0.2) is 65.7 Å². The third-order valence-electron chi connectivity index (χ3n) is 5.35. The van der Waals surface area contributed by atoms with Gasteiger partial charge in [0.15, 0.2) is 0 Å². The molecule has 0 atom stereocenters. The number of piperidine rings is 1. The minimum atomic E-state index is -4.46. The van der Waals surface area contributed by atoms with Crippen molar-refractivity contribution in [3.63, 3.8) is 0 Å². The number of thioether (sulfide) groups is 1. The summed E-state index contributed by atoms with van der Waals surface area (Å²) in [6.45, 7) is 2.18. The van der Waals surface area contributed by atoms with Crippen molar-refractivity contribution < 1.29 is 18.0 Å². The number of nitrogens with zero attached hydrogens (tertiary/aromatic N) is 3. The molecule has 1 saturated heterocycles. The number of amides is 1. The Morgan fingerprint density at radius 1 is 0.970 bits per heavy atom. The number of alkyl halides is 3. The summed E-state index contributed by atoms with van der Waals surface area (Å²) in [4.78, 5) is 14.5. The molecule has 1 aliphatic heterocycles. The molecule has 1 aliphatic rings. The van der Waals surface area contributed by atoms with Crippen LogP contribution in [0, 0.1) is 0 Å². The van der Waals surface area contributed by atoms with Gasteiger partial charge in [0.05, 0.1) is 17.0 Å². The molecule has 0 saturated carbocycles. The van der Waals surface area contributed by atoms with Gasteiger partial charge in [-0.05, 0) is 61.7 Å². The van der Waals surface area contributed by atoms with Crippen LogP contribution in [0.25, 0.3) is 11.3 Å². The molecule has 5 nitrogen and oxygen atoms in total. The number of hydrogen-bond donors (Lipinski definition) is 1. The Kier molecular flexibility index (Phi) is 7.17. The lowest BCUT2D eigenvalue weighted by Crippen LogP contribution is -2.29. The summed E-state index contributed by atoms with van der Waals surface area (Å²) in [5.41, 5.74) is 2.20. The monoisotopic (exact) mass is 472 g/mol. The maximum atomic E-state index is 12.8. The van der Waals surface area contributed by atoms with Gasteiger partial charge in [0.1, 0.15) is 5.03 Å². The minimum Gasteiger partial charge on any atom is -0.372 e. The smallest absolute Gasteiger partial charge is 0.372 e. The van der Waals surface area contributed by atoms with Gasteiger partial charge in [0.2, 0.25) is 5.91 Å². The number of rotatable bonds is 6. The Morgan fingerprint density at radius 3 is 2.39 bits per heavy atom. The Bertz CT molecular complexity index is 1080. The third kappa shape index (κ3) is 6.25. The van der Waals surface area contributed by atoms with Gasteiger partial charge in [-0.25, -0.2) is 0 Å². The zero-order chi connectivity index (χ0) is 23.3. The highest BCUT2D eigenvalue weighted by Gasteiger charge is 2.30. The first kappa shape index (κ1) is 23.1. The van der Waals surface area contributed by atoms with Crippen LogP contribution < -0.4 is 10.2 Å². The molecular weight excluding hydrogens is 449 g/mol. The minimum absolute atomic E-state index is 0.00873. The van der Waals surface area contributed by atoms with Gasteiger partial charge in [-0.15, -0.1) is 10.2 Å². The number of hydrogen-bond acceptors (Lipinski definition) is 5. The van der Waals surface area contributed by atoms with E-state index in [0.717, 1.165) is 36.5 Å². The summed E-state index contributed by atoms with van der Waals surface area (Å²) in [5.74, 6) is -0.409. The zero-order valence-electron chi connectivity index (χ0n) is 17.8. The first-order valence-corrected chi connectivity index (χ1v) is 11.7. The Morgan fingerprint density at radius 2 is 1.73 bits per heavy atom. The summed E-state index contributed by atoms with van der Waals surface area (Å²) in [5, 5.41) is 11.5. The van der Waals surface area contributed by atoms with E-state index >= 15 is 0 Å². The number of halogens is 3. The maximum Gasteiger partial charge on any atom is 0.416 e. The average Bonchev–Trinajstić information content (AvgIpc) is 2.83. The Labute approximate surface area is 194 Å². The average molecular weight is 473 g/mol. The van der Waals surface area contributed by atoms with Crippen LogP contribution >= 0.6 is 11.8 Å². The van der Waals surface area contributed by atoms with Gasteiger partial charge in [-0.1, -0.05) is 30.0 Å². The molecule has 2 heterocycles. The SMILES string of the molecule is O=C(CSc1ccc(-c2ccc(N3CCCCC3)cc2)nn1)Nc1cccc(C(F)(F)F)c1. The summed E-state index contributed by atoms with van der Waals surface area (Å²) in [7, 11) is 0. The quantitative estimate of drug-likeness (QED) is 0.454. The number of carbonyl (C=O) groups excluding carboxylic acids is 1. The van der Waals surface area contributed by atoms with Gasteiger partial charge in [0.25, 0.3) is 0 Å². The van der Waals surface area contributed by atoms with Gasteiger partial charge in [0, 0.05) is 30.0 Å². The highest BCUT2D eigenvalue weighted by atomic mass is 32.2. The van der Waals surface area contributed by atoms with Crippen molar-refractivity contribution >= 4 is 29.0 Å². The molecule has 0 radical (unpaired) electrons. The standard InChI is InChI=1S/C24H23F3N4OS/c25-24(26,27)18-5-4-6-19(15-18)28-22(32)16-33-23-12-11-21(29-30-23)17-7-9-20(10-8-17)31-13-2-1-3-14-31/h4-12,15H,1-3,13-14,16H2,(H,28,32). The van der Waals surface area contributed by atoms with E-state index in [2.05, 4.69) is 32.5 Å². The molecule has 4 rings (SSSR count). The van der Waals surface area contributed by atoms with Crippen molar-refractivity contribution in [2.75, 3.05) is 29.1 Å². The van der Waals surface area contributed by atoms with Gasteiger partial charge < -0.3 is 10.2 Å². The predicted octanol–water partition coefficient (Wildman–Crippen LogP) is 5.88. The van der Waals surface area contributed by atoms with Crippen molar-refractivity contribution in [1.29, 1.82) is 0 Å². The van der Waals surface area contributed by atoms with Crippen LogP contribution in [0.1, 0.15) is 24.8 Å². The number of benzene rings is 2. The fourth-order valence-corrected chi connectivity index (χ4v) is 4.27. The van der Waals surface area contributed by atoms with E-state index in [4.69, 9.17) is 0 Å². The maximum absolute atomic E-state index is 12.8. The largest absolute Gasteiger partial charge is 0.416 e. The topological polar surface area (TPSA) is 58.1 Å². The van der Waals surface area contributed by atoms with Crippen LogP contribution in [0.4, 0.5) is 24.5 Å². The normalized spacial score (nSPS) is 14.2. The van der Waals surface area contributed by atoms with Crippen LogP contribution in [0.5, 0.6) is 0 Å². The van der Waals surface area contributed by atoms with Crippen LogP contribution in [-0.2, 0) is 11.0 Å². The number of nitrogens with one attached hydrogen (secondary N) is 1. The molecule has 0 aliphatic carbocycles. The fourth-order valence-electron chi connectivity index (χ4n) is 3.66. The van der Waals surface area contributed by atoms with Gasteiger partial charge in [-0.2, -0.15) is 13.2 Å². The molecule has 2 aromatic carbocycles. The van der Waals surface area contributed by atoms with E-state index in [9.17, 15) is 18.0 Å². The van der Waals surface area contributed by atoms with Crippen LogP contribution in [0.2, 0.25) is 0 Å². The van der Waals surface area contributed by atoms with Crippen molar-refractivity contribution in [3.05, 3.63) is 66.2 Å². The molecule has 1 fully saturated rings. The lowest BCUT2D eigenvalue weighted by atomic mass is 10.1. The highest BCUT2D eigenvalue weighted by Crippen LogP contribution is 2.31. The Hall–Kier alpha value is -3.07. The molecule has 9 heteroatoms. The molecule has 33 heavy (non-hydrogen) atoms. The summed E-state index contributed by atoms with van der Waals surface area (Å²) < 4.78 is 38.4. The van der Waals surface area contributed by atoms with Crippen LogP contribution in [-0.4, -0.2) is 34.9 Å². The fraction of sp³-hybridized carbons (Fsp3) is 0.292. The molecule has 3 aromatic rings. The van der Waals surface area contributed by atoms with E-state index in [-0.39, 0.29) is 11.4 Å². The summed E-state index contributed by atoms with van der Waals surface area (Å²) >= 11 is 1.17. The number of aromatic nitrogens is 2. The molecule has 0 spiro atoms. The second kappa shape index (κ2) is 10.2. The van der Waals surface area contributed by atoms with Crippen molar-refractivity contribution in [1.82, 2.24) is 10.2 Å². The summed E-state index contributed by atoms with van der Waals surface area (Å²) in [6, 6.07) is 16.4. The molecule has 0 bridgehead atoms. The molecular formula is C24H23F3N4OS. The van der Waals surface area contributed by atoms with E-state index in [0.29, 0.717) is 5.03 Å². The van der Waals surface area contributed by atoms with Crippen molar-refractivity contribution in [2.24, 2.45) is 0 Å². The van der Waals surface area contributed by atoms with Crippen LogP contribution in [0.3, 0.4) is 0 Å². The first-order valence-electron chi connectivity index (χ1n) is 10.7. The highest BCUT2D eigenvalue weighted by molar-refractivity contribution is 7.99. The van der Waals surface area contributed by atoms with Gasteiger partial charge >= 0.3 is 6.18 Å². The first-order chi connectivity index (χ1) is 15.9. The lowest BCUT2D eigenvalue weighted by molar-refractivity contribution is -0.137. The second-order valence-electron chi connectivity index (χ2n) is 7.77.